The van der Waals surface area contributed by atoms with E-state index in [2.05, 4.69) is 0 Å². The molecular weight excluding hydrogens is 433 g/mol. The molecule has 164 valence electrons. The predicted molar refractivity (Wildman–Crippen MR) is 114 cm³/mol. The van der Waals surface area contributed by atoms with Gasteiger partial charge in [0.1, 0.15) is 5.75 Å². The second-order valence-electron chi connectivity index (χ2n) is 6.67. The third-order valence-corrected chi connectivity index (χ3v) is 4.77. The average Bonchev–Trinajstić information content (AvgIpc) is 2.66. The van der Waals surface area contributed by atoms with E-state index in [1.54, 1.807) is 37.3 Å². The van der Waals surface area contributed by atoms with Gasteiger partial charge in [-0.1, -0.05) is 23.2 Å². The number of benzene rings is 2. The Morgan fingerprint density at radius 3 is 2.43 bits per heavy atom. The van der Waals surface area contributed by atoms with Gasteiger partial charge >= 0.3 is 5.97 Å². The topological polar surface area (TPSA) is 119 Å². The first-order valence-electron chi connectivity index (χ1n) is 9.28. The number of carbonyl (C=O) groups excluding carboxylic acids is 1. The smallest absolute Gasteiger partial charge is 0.307 e. The normalized spacial score (nSPS) is 12.4. The van der Waals surface area contributed by atoms with Gasteiger partial charge in [0.2, 0.25) is 0 Å². The number of hydrogen-bond acceptors (Lipinski definition) is 8. The Balaban J connectivity index is 2.08. The number of nitrogens with two attached hydrogens (primary N) is 1. The summed E-state index contributed by atoms with van der Waals surface area (Å²) in [6.07, 6.45) is -0.136. The third kappa shape index (κ3) is 7.32. The highest BCUT2D eigenvalue weighted by atomic mass is 35.5. The van der Waals surface area contributed by atoms with Crippen molar-refractivity contribution in [2.75, 3.05) is 25.4 Å². The molecule has 1 unspecified atom stereocenters. The van der Waals surface area contributed by atoms with Gasteiger partial charge in [0.15, 0.2) is 0 Å². The summed E-state index contributed by atoms with van der Waals surface area (Å²) in [5.74, 6) is -0.499. The molecule has 2 aromatic carbocycles. The van der Waals surface area contributed by atoms with Crippen LogP contribution in [-0.2, 0) is 16.1 Å². The summed E-state index contributed by atoms with van der Waals surface area (Å²) in [5.41, 5.74) is 7.12. The Labute approximate surface area is 184 Å². The number of phenols is 1. The van der Waals surface area contributed by atoms with Gasteiger partial charge in [0, 0.05) is 34.4 Å². The average molecular weight is 458 g/mol. The molecule has 0 aromatic heterocycles. The van der Waals surface area contributed by atoms with Gasteiger partial charge < -0.3 is 26.0 Å². The highest BCUT2D eigenvalue weighted by Crippen LogP contribution is 2.29. The van der Waals surface area contributed by atoms with Crippen LogP contribution >= 0.6 is 23.2 Å². The van der Waals surface area contributed by atoms with Gasteiger partial charge in [-0.05, 0) is 48.9 Å². The van der Waals surface area contributed by atoms with Crippen LogP contribution in [0.4, 0.5) is 5.69 Å². The fourth-order valence-corrected chi connectivity index (χ4v) is 3.47. The molecule has 0 radical (unpaired) electrons. The molecule has 1 atom stereocenters. The number of hydrogen-bond donors (Lipinski definition) is 4. The van der Waals surface area contributed by atoms with E-state index < -0.39 is 12.0 Å². The molecule has 0 saturated carbocycles. The fraction of sp³-hybridized carbons (Fsp3) is 0.350. The predicted octanol–water partition coefficient (Wildman–Crippen LogP) is 3.86. The summed E-state index contributed by atoms with van der Waals surface area (Å²) in [6.45, 7) is 1.89. The van der Waals surface area contributed by atoms with E-state index >= 15 is 0 Å². The van der Waals surface area contributed by atoms with E-state index in [1.807, 2.05) is 0 Å². The first-order chi connectivity index (χ1) is 14.2. The van der Waals surface area contributed by atoms with Gasteiger partial charge in [-0.3, -0.25) is 4.79 Å². The SMILES string of the molecule is CCOC(=O)CC(c1cc(Cl)cc(Cl)c1)N(O)CCN(O)Cc1cc(N)ccc1O. The fourth-order valence-electron chi connectivity index (χ4n) is 2.92. The van der Waals surface area contributed by atoms with Gasteiger partial charge in [-0.25, -0.2) is 0 Å². The number of phenolic OH excluding ortho intramolecular Hbond substituents is 1. The number of halogens is 2. The Kier molecular flexibility index (Phi) is 9.16. The second kappa shape index (κ2) is 11.4. The molecule has 0 amide bonds. The summed E-state index contributed by atoms with van der Waals surface area (Å²) in [7, 11) is 0. The van der Waals surface area contributed by atoms with Crippen molar-refractivity contribution in [1.29, 1.82) is 0 Å². The van der Waals surface area contributed by atoms with E-state index in [4.69, 9.17) is 33.7 Å². The lowest BCUT2D eigenvalue weighted by Crippen LogP contribution is -2.35. The van der Waals surface area contributed by atoms with Crippen molar-refractivity contribution in [3.63, 3.8) is 0 Å². The van der Waals surface area contributed by atoms with Crippen molar-refractivity contribution in [1.82, 2.24) is 10.1 Å². The minimum atomic E-state index is -0.783. The number of rotatable bonds is 10. The molecule has 10 heteroatoms. The van der Waals surface area contributed by atoms with Crippen molar-refractivity contribution in [2.24, 2.45) is 0 Å². The number of nitrogen functional groups attached to an aromatic ring is 1. The van der Waals surface area contributed by atoms with Crippen LogP contribution < -0.4 is 5.73 Å². The Bertz CT molecular complexity index is 848. The van der Waals surface area contributed by atoms with Crippen molar-refractivity contribution in [2.45, 2.75) is 25.9 Å². The van der Waals surface area contributed by atoms with E-state index in [-0.39, 0.29) is 38.4 Å². The lowest BCUT2D eigenvalue weighted by atomic mass is 10.0. The summed E-state index contributed by atoms with van der Waals surface area (Å²) in [6, 6.07) is 8.50. The van der Waals surface area contributed by atoms with E-state index in [9.17, 15) is 20.3 Å². The molecule has 0 aliphatic carbocycles. The Morgan fingerprint density at radius 2 is 1.80 bits per heavy atom. The molecule has 0 saturated heterocycles. The summed E-state index contributed by atoms with van der Waals surface area (Å²) in [4.78, 5) is 12.0. The molecule has 0 spiro atoms. The standard InChI is InChI=1S/C20H25Cl2N3O5/c1-2-30-20(27)11-18(13-7-15(21)10-16(22)8-13)25(29)6-5-24(28)12-14-9-17(23)3-4-19(14)26/h3-4,7-10,18,26,28-29H,2,5-6,11-12,23H2,1H3. The highest BCUT2D eigenvalue weighted by Gasteiger charge is 2.24. The minimum absolute atomic E-state index is 0.00198. The molecule has 8 nitrogen and oxygen atoms in total. The molecule has 0 aliphatic heterocycles. The highest BCUT2D eigenvalue weighted by molar-refractivity contribution is 6.34. The van der Waals surface area contributed by atoms with Crippen LogP contribution in [0.15, 0.2) is 36.4 Å². The number of nitrogens with zero attached hydrogens (tertiary/aromatic N) is 2. The molecule has 2 rings (SSSR count). The summed E-state index contributed by atoms with van der Waals surface area (Å²) < 4.78 is 4.99. The number of hydroxylamine groups is 4. The molecule has 0 heterocycles. The lowest BCUT2D eigenvalue weighted by Gasteiger charge is -2.27. The monoisotopic (exact) mass is 457 g/mol. The zero-order chi connectivity index (χ0) is 22.3. The molecular formula is C20H25Cl2N3O5. The van der Waals surface area contributed by atoms with Crippen LogP contribution in [0.25, 0.3) is 0 Å². The van der Waals surface area contributed by atoms with Gasteiger partial charge in [-0.2, -0.15) is 10.1 Å². The second-order valence-corrected chi connectivity index (χ2v) is 7.54. The number of esters is 1. The van der Waals surface area contributed by atoms with Crippen LogP contribution in [0.2, 0.25) is 10.0 Å². The minimum Gasteiger partial charge on any atom is -0.508 e. The van der Waals surface area contributed by atoms with Crippen LogP contribution in [0.3, 0.4) is 0 Å². The molecule has 0 aliphatic rings. The van der Waals surface area contributed by atoms with Gasteiger partial charge in [0.25, 0.3) is 0 Å². The zero-order valence-electron chi connectivity index (χ0n) is 16.5. The van der Waals surface area contributed by atoms with Crippen molar-refractivity contribution >= 4 is 34.9 Å². The maximum absolute atomic E-state index is 12.0. The van der Waals surface area contributed by atoms with Crippen LogP contribution in [0.5, 0.6) is 5.75 Å². The summed E-state index contributed by atoms with van der Waals surface area (Å²) in [5, 5.41) is 33.2. The van der Waals surface area contributed by atoms with Crippen molar-refractivity contribution < 1.29 is 25.1 Å². The van der Waals surface area contributed by atoms with E-state index in [0.29, 0.717) is 26.9 Å². The number of carbonyl (C=O) groups is 1. The summed E-state index contributed by atoms with van der Waals surface area (Å²) >= 11 is 12.1. The van der Waals surface area contributed by atoms with E-state index in [0.717, 1.165) is 10.1 Å². The first-order valence-corrected chi connectivity index (χ1v) is 10.0. The van der Waals surface area contributed by atoms with Crippen LogP contribution in [0.1, 0.15) is 30.5 Å². The lowest BCUT2D eigenvalue weighted by molar-refractivity contribution is -0.171. The maximum atomic E-state index is 12.0. The van der Waals surface area contributed by atoms with Crippen LogP contribution in [0, 0.1) is 0 Å². The molecule has 0 fully saturated rings. The zero-order valence-corrected chi connectivity index (χ0v) is 18.0. The van der Waals surface area contributed by atoms with Crippen LogP contribution in [-0.4, -0.2) is 51.3 Å². The number of anilines is 1. The number of aromatic hydroxyl groups is 1. The first kappa shape index (κ1) is 24.2. The van der Waals surface area contributed by atoms with Crippen molar-refractivity contribution in [3.05, 3.63) is 57.6 Å². The largest absolute Gasteiger partial charge is 0.508 e. The Hall–Kier alpha value is -2.07. The quantitative estimate of drug-likeness (QED) is 0.183. The molecule has 0 bridgehead atoms. The van der Waals surface area contributed by atoms with Gasteiger partial charge in [0.05, 0.1) is 25.6 Å². The number of ether oxygens (including phenoxy) is 1. The molecule has 30 heavy (non-hydrogen) atoms. The van der Waals surface area contributed by atoms with Crippen molar-refractivity contribution in [3.8, 4) is 5.75 Å². The molecule has 5 N–H and O–H groups in total. The van der Waals surface area contributed by atoms with Gasteiger partial charge in [-0.15, -0.1) is 0 Å². The molecule has 2 aromatic rings. The third-order valence-electron chi connectivity index (χ3n) is 4.34. The van der Waals surface area contributed by atoms with E-state index in [1.165, 1.54) is 6.07 Å². The maximum Gasteiger partial charge on any atom is 0.307 e. The Morgan fingerprint density at radius 1 is 1.13 bits per heavy atom.